The second-order valence-electron chi connectivity index (χ2n) is 5.07. The van der Waals surface area contributed by atoms with Crippen LogP contribution in [-0.4, -0.2) is 19.6 Å². The second kappa shape index (κ2) is 6.98. The molecule has 0 aromatic heterocycles. The first-order valence-corrected chi connectivity index (χ1v) is 7.10. The number of methoxy groups -OCH3 is 1. The zero-order valence-corrected chi connectivity index (χ0v) is 11.9. The highest BCUT2D eigenvalue weighted by molar-refractivity contribution is 5.99. The molecule has 4 nitrogen and oxygen atoms in total. The molecule has 108 valence electrons. The van der Waals surface area contributed by atoms with Crippen molar-refractivity contribution in [3.05, 3.63) is 35.4 Å². The number of carbonyl (C=O) groups excluding carboxylic acids is 1. The molecule has 1 aromatic carbocycles. The van der Waals surface area contributed by atoms with Crippen LogP contribution in [0.15, 0.2) is 29.8 Å². The van der Waals surface area contributed by atoms with Crippen LogP contribution in [0, 0.1) is 0 Å². The van der Waals surface area contributed by atoms with Crippen molar-refractivity contribution in [2.24, 2.45) is 0 Å². The fourth-order valence-electron chi connectivity index (χ4n) is 2.44. The lowest BCUT2D eigenvalue weighted by molar-refractivity contribution is 0.0955. The Morgan fingerprint density at radius 3 is 2.90 bits per heavy atom. The highest BCUT2D eigenvalue weighted by Gasteiger charge is 2.10. The van der Waals surface area contributed by atoms with Crippen LogP contribution >= 0.6 is 0 Å². The van der Waals surface area contributed by atoms with Crippen molar-refractivity contribution in [3.8, 4) is 5.75 Å². The van der Waals surface area contributed by atoms with Gasteiger partial charge in [0.15, 0.2) is 0 Å². The molecule has 1 amide bonds. The third kappa shape index (κ3) is 3.76. The molecule has 2 rings (SSSR count). The fourth-order valence-corrected chi connectivity index (χ4v) is 2.44. The molecule has 0 saturated carbocycles. The summed E-state index contributed by atoms with van der Waals surface area (Å²) < 4.78 is 5.07. The molecule has 20 heavy (non-hydrogen) atoms. The Labute approximate surface area is 120 Å². The Morgan fingerprint density at radius 1 is 1.40 bits per heavy atom. The number of nitrogens with one attached hydrogen (secondary N) is 1. The molecule has 1 aromatic rings. The highest BCUT2D eigenvalue weighted by Crippen LogP contribution is 2.21. The Morgan fingerprint density at radius 2 is 2.25 bits per heavy atom. The first kappa shape index (κ1) is 14.4. The molecule has 0 spiro atoms. The average molecular weight is 274 g/mol. The molecule has 0 atom stereocenters. The minimum absolute atomic E-state index is 0.124. The molecule has 0 fully saturated rings. The van der Waals surface area contributed by atoms with Gasteiger partial charge in [-0.05, 0) is 44.2 Å². The smallest absolute Gasteiger partial charge is 0.253 e. The van der Waals surface area contributed by atoms with Gasteiger partial charge in [0.1, 0.15) is 5.75 Å². The van der Waals surface area contributed by atoms with E-state index in [9.17, 15) is 4.79 Å². The zero-order chi connectivity index (χ0) is 14.4. The summed E-state index contributed by atoms with van der Waals surface area (Å²) in [6, 6.07) is 5.11. The van der Waals surface area contributed by atoms with E-state index in [-0.39, 0.29) is 5.91 Å². The van der Waals surface area contributed by atoms with Crippen LogP contribution in [0.3, 0.4) is 0 Å². The van der Waals surface area contributed by atoms with Crippen molar-refractivity contribution in [3.63, 3.8) is 0 Å². The molecule has 1 aliphatic carbocycles. The maximum Gasteiger partial charge on any atom is 0.253 e. The van der Waals surface area contributed by atoms with Crippen molar-refractivity contribution < 1.29 is 9.53 Å². The van der Waals surface area contributed by atoms with Crippen LogP contribution in [-0.2, 0) is 0 Å². The minimum Gasteiger partial charge on any atom is -0.497 e. The van der Waals surface area contributed by atoms with Gasteiger partial charge in [-0.3, -0.25) is 4.79 Å². The van der Waals surface area contributed by atoms with Crippen molar-refractivity contribution in [2.45, 2.75) is 32.1 Å². The van der Waals surface area contributed by atoms with Crippen molar-refractivity contribution in [2.75, 3.05) is 19.4 Å². The number of hydrogen-bond acceptors (Lipinski definition) is 3. The summed E-state index contributed by atoms with van der Waals surface area (Å²) in [4.78, 5) is 12.1. The number of nitrogen functional groups attached to an aromatic ring is 1. The Balaban J connectivity index is 1.87. The van der Waals surface area contributed by atoms with Gasteiger partial charge in [-0.25, -0.2) is 0 Å². The van der Waals surface area contributed by atoms with E-state index in [0.29, 0.717) is 23.5 Å². The molecule has 0 radical (unpaired) electrons. The Kier molecular flexibility index (Phi) is 5.04. The summed E-state index contributed by atoms with van der Waals surface area (Å²) in [5, 5.41) is 2.92. The summed E-state index contributed by atoms with van der Waals surface area (Å²) in [6.07, 6.45) is 8.14. The normalized spacial score (nSPS) is 14.6. The Hall–Kier alpha value is -1.97. The molecule has 4 heteroatoms. The predicted octanol–water partition coefficient (Wildman–Crippen LogP) is 2.90. The van der Waals surface area contributed by atoms with Gasteiger partial charge >= 0.3 is 0 Å². The third-order valence-corrected chi connectivity index (χ3v) is 3.62. The number of anilines is 1. The van der Waals surface area contributed by atoms with Crippen LogP contribution in [0.1, 0.15) is 42.5 Å². The number of amides is 1. The molecule has 0 aliphatic heterocycles. The Bertz CT molecular complexity index is 509. The summed E-state index contributed by atoms with van der Waals surface area (Å²) >= 11 is 0. The van der Waals surface area contributed by atoms with E-state index in [4.69, 9.17) is 10.5 Å². The summed E-state index contributed by atoms with van der Waals surface area (Å²) in [7, 11) is 1.58. The molecular weight excluding hydrogens is 252 g/mol. The van der Waals surface area contributed by atoms with E-state index in [1.807, 2.05) is 0 Å². The number of hydrogen-bond donors (Lipinski definition) is 2. The van der Waals surface area contributed by atoms with Crippen molar-refractivity contribution in [1.82, 2.24) is 5.32 Å². The SMILES string of the molecule is COc1ccc(C(=O)NCCC2=CCCCC2)c(N)c1. The van der Waals surface area contributed by atoms with Gasteiger partial charge in [0.25, 0.3) is 5.91 Å². The van der Waals surface area contributed by atoms with Crippen molar-refractivity contribution in [1.29, 1.82) is 0 Å². The van der Waals surface area contributed by atoms with Gasteiger partial charge in [0, 0.05) is 18.3 Å². The molecular formula is C16H22N2O2. The summed E-state index contributed by atoms with van der Waals surface area (Å²) in [5.41, 5.74) is 8.26. The highest BCUT2D eigenvalue weighted by atomic mass is 16.5. The van der Waals surface area contributed by atoms with Gasteiger partial charge < -0.3 is 15.8 Å². The van der Waals surface area contributed by atoms with Crippen LogP contribution in [0.5, 0.6) is 5.75 Å². The lowest BCUT2D eigenvalue weighted by Gasteiger charge is -2.13. The van der Waals surface area contributed by atoms with Gasteiger partial charge in [0.05, 0.1) is 12.7 Å². The van der Waals surface area contributed by atoms with E-state index in [1.54, 1.807) is 25.3 Å². The second-order valence-corrected chi connectivity index (χ2v) is 5.07. The van der Waals surface area contributed by atoms with E-state index < -0.39 is 0 Å². The molecule has 3 N–H and O–H groups in total. The molecule has 1 aliphatic rings. The predicted molar refractivity (Wildman–Crippen MR) is 80.9 cm³/mol. The number of rotatable bonds is 5. The topological polar surface area (TPSA) is 64.3 Å². The lowest BCUT2D eigenvalue weighted by Crippen LogP contribution is -2.25. The van der Waals surface area contributed by atoms with Crippen LogP contribution < -0.4 is 15.8 Å². The fraction of sp³-hybridized carbons (Fsp3) is 0.438. The number of ether oxygens (including phenoxy) is 1. The molecule has 0 bridgehead atoms. The van der Waals surface area contributed by atoms with Gasteiger partial charge in [-0.15, -0.1) is 0 Å². The third-order valence-electron chi connectivity index (χ3n) is 3.62. The molecule has 0 heterocycles. The van der Waals surface area contributed by atoms with Gasteiger partial charge in [0.2, 0.25) is 0 Å². The van der Waals surface area contributed by atoms with Gasteiger partial charge in [-0.2, -0.15) is 0 Å². The van der Waals surface area contributed by atoms with Crippen LogP contribution in [0.4, 0.5) is 5.69 Å². The van der Waals surface area contributed by atoms with E-state index in [2.05, 4.69) is 11.4 Å². The maximum absolute atomic E-state index is 12.1. The van der Waals surface area contributed by atoms with E-state index >= 15 is 0 Å². The number of carbonyl (C=O) groups is 1. The van der Waals surface area contributed by atoms with Crippen LogP contribution in [0.25, 0.3) is 0 Å². The quantitative estimate of drug-likeness (QED) is 0.641. The first-order valence-electron chi connectivity index (χ1n) is 7.10. The summed E-state index contributed by atoms with van der Waals surface area (Å²) in [6.45, 7) is 0.663. The zero-order valence-electron chi connectivity index (χ0n) is 11.9. The number of allylic oxidation sites excluding steroid dienone is 1. The lowest BCUT2D eigenvalue weighted by atomic mass is 9.97. The standard InChI is InChI=1S/C16H22N2O2/c1-20-13-7-8-14(15(17)11-13)16(19)18-10-9-12-5-3-2-4-6-12/h5,7-8,11H,2-4,6,9-10,17H2,1H3,(H,18,19). The summed E-state index contributed by atoms with van der Waals surface area (Å²) in [5.74, 6) is 0.535. The monoisotopic (exact) mass is 274 g/mol. The largest absolute Gasteiger partial charge is 0.497 e. The van der Waals surface area contributed by atoms with E-state index in [0.717, 1.165) is 6.42 Å². The van der Waals surface area contributed by atoms with E-state index in [1.165, 1.54) is 31.3 Å². The van der Waals surface area contributed by atoms with Crippen molar-refractivity contribution >= 4 is 11.6 Å². The van der Waals surface area contributed by atoms with Crippen LogP contribution in [0.2, 0.25) is 0 Å². The molecule has 0 unspecified atom stereocenters. The minimum atomic E-state index is -0.124. The number of benzene rings is 1. The molecule has 0 saturated heterocycles. The number of nitrogens with two attached hydrogens (primary N) is 1. The maximum atomic E-state index is 12.1. The first-order chi connectivity index (χ1) is 9.70. The van der Waals surface area contributed by atoms with Gasteiger partial charge in [-0.1, -0.05) is 11.6 Å². The average Bonchev–Trinajstić information content (AvgIpc) is 2.48.